The third-order valence-electron chi connectivity index (χ3n) is 0.478. The first-order chi connectivity index (χ1) is 3.00. The molecule has 0 radical (unpaired) electrons. The predicted molar refractivity (Wildman–Crippen MR) is 52.9 cm³/mol. The van der Waals surface area contributed by atoms with Gasteiger partial charge in [0.2, 0.25) is 0 Å². The smallest absolute Gasteiger partial charge is 0.0451 e. The molecule has 0 spiro atoms. The zero-order valence-corrected chi connectivity index (χ0v) is 8.68. The summed E-state index contributed by atoms with van der Waals surface area (Å²) in [5, 5.41) is 0. The maximum absolute atomic E-state index is 3.72. The molecule has 0 atom stereocenters. The van der Waals surface area contributed by atoms with Crippen LogP contribution in [0, 0.1) is 0 Å². The Labute approximate surface area is 82.2 Å². The van der Waals surface area contributed by atoms with Crippen molar-refractivity contribution in [3.05, 3.63) is 24.8 Å². The Hall–Kier alpha value is 0.540. The average molecular weight is 336 g/mol. The van der Waals surface area contributed by atoms with E-state index in [1.165, 1.54) is 0 Å². The molecule has 0 saturated heterocycles. The van der Waals surface area contributed by atoms with Crippen LogP contribution in [-0.2, 0) is 0 Å². The number of halogens is 2. The topological polar surface area (TPSA) is 25.8 Å². The van der Waals surface area contributed by atoms with E-state index < -0.39 is 0 Å². The van der Waals surface area contributed by atoms with E-state index in [2.05, 4.69) is 9.97 Å². The quantitative estimate of drug-likeness (QED) is 0.675. The molecule has 8 heavy (non-hydrogen) atoms. The number of hydrogen-bond donors (Lipinski definition) is 0. The van der Waals surface area contributed by atoms with E-state index in [1.807, 2.05) is 0 Å². The van der Waals surface area contributed by atoms with Crippen LogP contribution in [0.5, 0.6) is 0 Å². The first kappa shape index (κ1) is 11.4. The van der Waals surface area contributed by atoms with E-state index in [0.29, 0.717) is 0 Å². The van der Waals surface area contributed by atoms with Crippen molar-refractivity contribution in [2.75, 3.05) is 0 Å². The first-order valence-corrected chi connectivity index (χ1v) is 1.70. The van der Waals surface area contributed by atoms with Gasteiger partial charge in [-0.05, 0) is 0 Å². The normalized spacial score (nSPS) is 6.00. The molecule has 0 amide bonds. The third-order valence-corrected chi connectivity index (χ3v) is 0.478. The Balaban J connectivity index is 0. The molecule has 4 heteroatoms. The molecule has 0 aromatic carbocycles. The monoisotopic (exact) mass is 336 g/mol. The van der Waals surface area contributed by atoms with Crippen LogP contribution < -0.4 is 0 Å². The molecule has 0 saturated carbocycles. The van der Waals surface area contributed by atoms with Crippen molar-refractivity contribution in [2.24, 2.45) is 0 Å². The Bertz CT molecular complexity index is 84.0. The summed E-state index contributed by atoms with van der Waals surface area (Å²) in [4.78, 5) is 7.44. The molecule has 0 aliphatic carbocycles. The van der Waals surface area contributed by atoms with E-state index in [-0.39, 0.29) is 48.0 Å². The maximum atomic E-state index is 3.72. The highest BCUT2D eigenvalue weighted by Crippen LogP contribution is 1.65. The van der Waals surface area contributed by atoms with Gasteiger partial charge in [0.1, 0.15) is 0 Å². The minimum Gasteiger partial charge on any atom is -0.262 e. The van der Waals surface area contributed by atoms with Crippen molar-refractivity contribution in [3.63, 3.8) is 0 Å². The number of hydrogen-bond acceptors (Lipinski definition) is 2. The highest BCUT2D eigenvalue weighted by atomic mass is 127. The molecule has 46 valence electrons. The van der Waals surface area contributed by atoms with Gasteiger partial charge in [0.25, 0.3) is 0 Å². The lowest BCUT2D eigenvalue weighted by Crippen LogP contribution is -1.66. The lowest BCUT2D eigenvalue weighted by atomic mass is 10.8. The molecule has 1 aromatic heterocycles. The Morgan fingerprint density at radius 2 is 0.875 bits per heavy atom. The summed E-state index contributed by atoms with van der Waals surface area (Å²) in [7, 11) is 0. The van der Waals surface area contributed by atoms with Gasteiger partial charge in [0.15, 0.2) is 0 Å². The van der Waals surface area contributed by atoms with Gasteiger partial charge in [-0.25, -0.2) is 0 Å². The Morgan fingerprint density at radius 1 is 0.625 bits per heavy atom. The van der Waals surface area contributed by atoms with Gasteiger partial charge in [0, 0.05) is 24.8 Å². The van der Waals surface area contributed by atoms with Crippen molar-refractivity contribution in [1.82, 2.24) is 9.97 Å². The highest BCUT2D eigenvalue weighted by Gasteiger charge is 1.59. The van der Waals surface area contributed by atoms with Crippen LogP contribution in [0.3, 0.4) is 0 Å². The molecular weight excluding hydrogens is 330 g/mol. The largest absolute Gasteiger partial charge is 0.262 e. The minimum atomic E-state index is 0. The lowest BCUT2D eigenvalue weighted by Gasteiger charge is -1.70. The zero-order chi connectivity index (χ0) is 4.24. The van der Waals surface area contributed by atoms with Gasteiger partial charge < -0.3 is 0 Å². The van der Waals surface area contributed by atoms with Crippen molar-refractivity contribution in [1.29, 1.82) is 0 Å². The third kappa shape index (κ3) is 4.69. The maximum Gasteiger partial charge on any atom is 0.0451 e. The predicted octanol–water partition coefficient (Wildman–Crippen LogP) is 1.71. The summed E-state index contributed by atoms with van der Waals surface area (Å²) < 4.78 is 0. The summed E-state index contributed by atoms with van der Waals surface area (Å²) in [6.07, 6.45) is 6.56. The summed E-state index contributed by atoms with van der Waals surface area (Å²) in [6, 6.07) is 0. The summed E-state index contributed by atoms with van der Waals surface area (Å²) in [5.74, 6) is 0. The van der Waals surface area contributed by atoms with Gasteiger partial charge in [-0.1, -0.05) is 0 Å². The standard InChI is InChI=1S/C4H4N2.2HI/c1-2-6-4-3-5-1;;/h1-4H;2*1H. The average Bonchev–Trinajstić information content (AvgIpc) is 1.72. The van der Waals surface area contributed by atoms with Crippen molar-refractivity contribution in [2.45, 2.75) is 0 Å². The second-order valence-electron chi connectivity index (χ2n) is 0.894. The molecule has 0 aliphatic rings. The molecule has 0 bridgehead atoms. The van der Waals surface area contributed by atoms with Crippen LogP contribution in [0.4, 0.5) is 0 Å². The van der Waals surface area contributed by atoms with Crippen LogP contribution in [0.15, 0.2) is 24.8 Å². The second kappa shape index (κ2) is 7.54. The molecule has 0 fully saturated rings. The molecule has 1 rings (SSSR count). The van der Waals surface area contributed by atoms with Crippen LogP contribution in [-0.4, -0.2) is 9.97 Å². The molecule has 1 aromatic rings. The summed E-state index contributed by atoms with van der Waals surface area (Å²) >= 11 is 0. The summed E-state index contributed by atoms with van der Waals surface area (Å²) in [5.41, 5.74) is 0. The SMILES string of the molecule is I.I.c1cnccn1. The first-order valence-electron chi connectivity index (χ1n) is 1.70. The Kier molecular flexibility index (Phi) is 10.7. The molecular formula is C4H6I2N2. The van der Waals surface area contributed by atoms with Crippen molar-refractivity contribution >= 4 is 48.0 Å². The minimum absolute atomic E-state index is 0. The fourth-order valence-corrected chi connectivity index (χ4v) is 0.253. The lowest BCUT2D eigenvalue weighted by molar-refractivity contribution is 1.20. The number of rotatable bonds is 0. The van der Waals surface area contributed by atoms with E-state index in [4.69, 9.17) is 0 Å². The van der Waals surface area contributed by atoms with E-state index in [0.717, 1.165) is 0 Å². The van der Waals surface area contributed by atoms with Gasteiger partial charge in [-0.15, -0.1) is 48.0 Å². The number of nitrogens with zero attached hydrogens (tertiary/aromatic N) is 2. The second-order valence-corrected chi connectivity index (χ2v) is 0.894. The zero-order valence-electron chi connectivity index (χ0n) is 4.02. The van der Waals surface area contributed by atoms with Gasteiger partial charge in [0.05, 0.1) is 0 Å². The van der Waals surface area contributed by atoms with Gasteiger partial charge in [-0.2, -0.15) is 0 Å². The number of aromatic nitrogens is 2. The molecule has 2 nitrogen and oxygen atoms in total. The molecule has 1 heterocycles. The summed E-state index contributed by atoms with van der Waals surface area (Å²) in [6.45, 7) is 0. The fourth-order valence-electron chi connectivity index (χ4n) is 0.253. The van der Waals surface area contributed by atoms with E-state index >= 15 is 0 Å². The molecule has 0 N–H and O–H groups in total. The van der Waals surface area contributed by atoms with Crippen LogP contribution in [0.25, 0.3) is 0 Å². The Morgan fingerprint density at radius 3 is 1.00 bits per heavy atom. The van der Waals surface area contributed by atoms with Crippen molar-refractivity contribution in [3.8, 4) is 0 Å². The fraction of sp³-hybridized carbons (Fsp3) is 0. The van der Waals surface area contributed by atoms with Crippen LogP contribution >= 0.6 is 48.0 Å². The van der Waals surface area contributed by atoms with Crippen LogP contribution in [0.2, 0.25) is 0 Å². The van der Waals surface area contributed by atoms with Crippen LogP contribution in [0.1, 0.15) is 0 Å². The van der Waals surface area contributed by atoms with E-state index in [1.54, 1.807) is 24.8 Å². The van der Waals surface area contributed by atoms with E-state index in [9.17, 15) is 0 Å². The van der Waals surface area contributed by atoms with Gasteiger partial charge >= 0.3 is 0 Å². The van der Waals surface area contributed by atoms with Gasteiger partial charge in [-0.3, -0.25) is 9.97 Å². The molecule has 0 aliphatic heterocycles. The van der Waals surface area contributed by atoms with Crippen molar-refractivity contribution < 1.29 is 0 Å². The molecule has 0 unspecified atom stereocenters. The highest BCUT2D eigenvalue weighted by molar-refractivity contribution is 14.0.